The van der Waals surface area contributed by atoms with Gasteiger partial charge in [-0.3, -0.25) is 9.59 Å². The number of piperidine rings is 1. The molecule has 0 saturated carbocycles. The Bertz CT molecular complexity index is 828. The highest BCUT2D eigenvalue weighted by Gasteiger charge is 2.31. The number of carbonyl (C=O) groups excluding carboxylic acids is 2. The van der Waals surface area contributed by atoms with E-state index in [-0.39, 0.29) is 24.3 Å². The summed E-state index contributed by atoms with van der Waals surface area (Å²) >= 11 is 1.33. The normalized spacial score (nSPS) is 19.2. The van der Waals surface area contributed by atoms with Crippen molar-refractivity contribution < 1.29 is 18.0 Å². The fraction of sp³-hybridized carbons (Fsp3) is 0.688. The molecule has 0 unspecified atom stereocenters. The Hall–Kier alpha value is -1.56. The first-order valence-electron chi connectivity index (χ1n) is 8.91. The minimum absolute atomic E-state index is 0.0405. The Kier molecular flexibility index (Phi) is 5.84. The van der Waals surface area contributed by atoms with Crippen LogP contribution in [0, 0.1) is 5.92 Å². The number of likely N-dealkylation sites (tertiary alicyclic amines) is 1. The standard InChI is InChI=1S/C16H25N5O4S2/c1-11(22)20-7-4-12(5-8-20)15(23)18-16-17-13-6-9-21(10-14(13)26-16)27(24,25)19(2)3/h12H,4-10H2,1-3H3,(H,17,18,23). The van der Waals surface area contributed by atoms with E-state index in [1.165, 1.54) is 34.0 Å². The molecular formula is C16H25N5O4S2. The van der Waals surface area contributed by atoms with E-state index < -0.39 is 10.2 Å². The molecule has 2 aliphatic heterocycles. The average molecular weight is 416 g/mol. The Labute approximate surface area is 163 Å². The van der Waals surface area contributed by atoms with Gasteiger partial charge < -0.3 is 10.2 Å². The number of nitrogens with zero attached hydrogens (tertiary/aromatic N) is 4. The zero-order valence-electron chi connectivity index (χ0n) is 15.8. The summed E-state index contributed by atoms with van der Waals surface area (Å²) in [6.45, 7) is 3.40. The van der Waals surface area contributed by atoms with Crippen LogP contribution in [0.3, 0.4) is 0 Å². The lowest BCUT2D eigenvalue weighted by molar-refractivity contribution is -0.132. The molecule has 1 aromatic heterocycles. The highest BCUT2D eigenvalue weighted by Crippen LogP contribution is 2.30. The highest BCUT2D eigenvalue weighted by atomic mass is 32.2. The second kappa shape index (κ2) is 7.82. The van der Waals surface area contributed by atoms with Gasteiger partial charge in [0.15, 0.2) is 5.13 Å². The number of aromatic nitrogens is 1. The van der Waals surface area contributed by atoms with Crippen LogP contribution >= 0.6 is 11.3 Å². The lowest BCUT2D eigenvalue weighted by atomic mass is 9.96. The van der Waals surface area contributed by atoms with Gasteiger partial charge in [0.2, 0.25) is 11.8 Å². The quantitative estimate of drug-likeness (QED) is 0.772. The molecule has 1 N–H and O–H groups in total. The molecule has 2 aliphatic rings. The number of anilines is 1. The van der Waals surface area contributed by atoms with Crippen LogP contribution < -0.4 is 5.32 Å². The molecule has 11 heteroatoms. The fourth-order valence-corrected chi connectivity index (χ4v) is 5.50. The van der Waals surface area contributed by atoms with E-state index in [0.717, 1.165) is 10.6 Å². The monoisotopic (exact) mass is 415 g/mol. The van der Waals surface area contributed by atoms with Gasteiger partial charge in [0.25, 0.3) is 10.2 Å². The zero-order valence-corrected chi connectivity index (χ0v) is 17.4. The summed E-state index contributed by atoms with van der Waals surface area (Å²) in [4.78, 5) is 31.0. The number of carbonyl (C=O) groups is 2. The molecule has 3 heterocycles. The van der Waals surface area contributed by atoms with Crippen molar-refractivity contribution in [1.29, 1.82) is 0 Å². The van der Waals surface area contributed by atoms with Gasteiger partial charge in [0.1, 0.15) is 0 Å². The predicted molar refractivity (Wildman–Crippen MR) is 102 cm³/mol. The summed E-state index contributed by atoms with van der Waals surface area (Å²) in [6.07, 6.45) is 1.82. The van der Waals surface area contributed by atoms with Crippen molar-refractivity contribution in [2.24, 2.45) is 5.92 Å². The lowest BCUT2D eigenvalue weighted by Gasteiger charge is -2.30. The van der Waals surface area contributed by atoms with Gasteiger partial charge in [-0.15, -0.1) is 11.3 Å². The van der Waals surface area contributed by atoms with E-state index in [4.69, 9.17) is 0 Å². The number of nitrogens with one attached hydrogen (secondary N) is 1. The predicted octanol–water partition coefficient (Wildman–Crippen LogP) is 0.505. The molecule has 1 aromatic rings. The van der Waals surface area contributed by atoms with Gasteiger partial charge in [-0.05, 0) is 12.8 Å². The van der Waals surface area contributed by atoms with Crippen LogP contribution in [0.25, 0.3) is 0 Å². The topological polar surface area (TPSA) is 103 Å². The molecule has 2 amide bonds. The molecule has 0 aliphatic carbocycles. The third kappa shape index (κ3) is 4.31. The third-order valence-electron chi connectivity index (χ3n) is 5.03. The van der Waals surface area contributed by atoms with Crippen molar-refractivity contribution in [1.82, 2.24) is 18.5 Å². The molecule has 1 fully saturated rings. The smallest absolute Gasteiger partial charge is 0.281 e. The maximum absolute atomic E-state index is 12.5. The van der Waals surface area contributed by atoms with E-state index in [0.29, 0.717) is 44.0 Å². The van der Waals surface area contributed by atoms with Crippen LogP contribution in [-0.4, -0.2) is 72.5 Å². The summed E-state index contributed by atoms with van der Waals surface area (Å²) in [5.74, 6) is -0.173. The Balaban J connectivity index is 1.62. The second-order valence-electron chi connectivity index (χ2n) is 7.03. The molecule has 0 aromatic carbocycles. The Morgan fingerprint density at radius 3 is 2.48 bits per heavy atom. The maximum Gasteiger partial charge on any atom is 0.281 e. The van der Waals surface area contributed by atoms with Crippen molar-refractivity contribution in [3.63, 3.8) is 0 Å². The van der Waals surface area contributed by atoms with Gasteiger partial charge in [0, 0.05) is 57.9 Å². The lowest BCUT2D eigenvalue weighted by Crippen LogP contribution is -2.42. The van der Waals surface area contributed by atoms with Crippen molar-refractivity contribution in [3.05, 3.63) is 10.6 Å². The van der Waals surface area contributed by atoms with Crippen LogP contribution in [0.5, 0.6) is 0 Å². The molecular weight excluding hydrogens is 390 g/mol. The first kappa shape index (κ1) is 20.2. The summed E-state index contributed by atoms with van der Waals surface area (Å²) in [5, 5.41) is 3.39. The maximum atomic E-state index is 12.5. The van der Waals surface area contributed by atoms with Gasteiger partial charge >= 0.3 is 0 Å². The van der Waals surface area contributed by atoms with Crippen LogP contribution in [-0.2, 0) is 32.8 Å². The third-order valence-corrected chi connectivity index (χ3v) is 7.91. The summed E-state index contributed by atoms with van der Waals surface area (Å²) in [7, 11) is -0.431. The van der Waals surface area contributed by atoms with Crippen molar-refractivity contribution >= 4 is 38.5 Å². The largest absolute Gasteiger partial charge is 0.343 e. The number of fused-ring (bicyclic) bond motifs is 1. The Morgan fingerprint density at radius 2 is 1.89 bits per heavy atom. The van der Waals surface area contributed by atoms with Gasteiger partial charge in [-0.25, -0.2) is 4.98 Å². The van der Waals surface area contributed by atoms with E-state index >= 15 is 0 Å². The van der Waals surface area contributed by atoms with Crippen molar-refractivity contribution in [3.8, 4) is 0 Å². The first-order valence-corrected chi connectivity index (χ1v) is 11.1. The molecule has 150 valence electrons. The molecule has 9 nitrogen and oxygen atoms in total. The van der Waals surface area contributed by atoms with E-state index in [1.807, 2.05) is 0 Å². The van der Waals surface area contributed by atoms with Gasteiger partial charge in [-0.2, -0.15) is 17.0 Å². The average Bonchev–Trinajstić information content (AvgIpc) is 3.02. The van der Waals surface area contributed by atoms with Crippen molar-refractivity contribution in [2.75, 3.05) is 39.0 Å². The van der Waals surface area contributed by atoms with Crippen LogP contribution in [0.15, 0.2) is 0 Å². The molecule has 0 atom stereocenters. The zero-order chi connectivity index (χ0) is 19.8. The second-order valence-corrected chi connectivity index (χ2v) is 10.3. The van der Waals surface area contributed by atoms with Crippen LogP contribution in [0.2, 0.25) is 0 Å². The van der Waals surface area contributed by atoms with Crippen molar-refractivity contribution in [2.45, 2.75) is 32.7 Å². The molecule has 0 radical (unpaired) electrons. The minimum atomic E-state index is -3.46. The van der Waals surface area contributed by atoms with Gasteiger partial charge in [0.05, 0.1) is 12.2 Å². The van der Waals surface area contributed by atoms with E-state index in [2.05, 4.69) is 10.3 Å². The first-order chi connectivity index (χ1) is 12.7. The number of thiazole rings is 1. The van der Waals surface area contributed by atoms with E-state index in [1.54, 1.807) is 11.8 Å². The molecule has 0 bridgehead atoms. The number of amides is 2. The van der Waals surface area contributed by atoms with E-state index in [9.17, 15) is 18.0 Å². The molecule has 3 rings (SSSR count). The molecule has 27 heavy (non-hydrogen) atoms. The number of hydrogen-bond acceptors (Lipinski definition) is 6. The Morgan fingerprint density at radius 1 is 1.22 bits per heavy atom. The highest BCUT2D eigenvalue weighted by molar-refractivity contribution is 7.86. The molecule has 0 spiro atoms. The number of rotatable bonds is 4. The van der Waals surface area contributed by atoms with Crippen LogP contribution in [0.1, 0.15) is 30.3 Å². The summed E-state index contributed by atoms with van der Waals surface area (Å²) < 4.78 is 27.2. The van der Waals surface area contributed by atoms with Crippen LogP contribution in [0.4, 0.5) is 5.13 Å². The number of hydrogen-bond donors (Lipinski definition) is 1. The summed E-state index contributed by atoms with van der Waals surface area (Å²) in [5.41, 5.74) is 0.854. The minimum Gasteiger partial charge on any atom is -0.343 e. The SMILES string of the molecule is CC(=O)N1CCC(C(=O)Nc2nc3c(s2)CN(S(=O)(=O)N(C)C)CC3)CC1. The summed E-state index contributed by atoms with van der Waals surface area (Å²) in [6, 6.07) is 0. The van der Waals surface area contributed by atoms with Gasteiger partial charge in [-0.1, -0.05) is 0 Å². The molecule has 1 saturated heterocycles. The fourth-order valence-electron chi connectivity index (χ4n) is 3.32.